The van der Waals surface area contributed by atoms with Gasteiger partial charge >= 0.3 is 12.1 Å². The van der Waals surface area contributed by atoms with Crippen molar-refractivity contribution in [2.24, 2.45) is 0 Å². The standard InChI is InChI=1S/C12H15N3O4/c1-3-4-19-12(18)15-5-8(6-15)10-13-7(2)9(14-10)11(16)17/h3,8H,1,4-6H2,2H3,(H,13,14)(H,16,17). The number of aromatic carboxylic acids is 1. The Morgan fingerprint density at radius 2 is 2.32 bits per heavy atom. The summed E-state index contributed by atoms with van der Waals surface area (Å²) < 4.78 is 4.89. The van der Waals surface area contributed by atoms with Crippen molar-refractivity contribution in [2.45, 2.75) is 12.8 Å². The molecule has 1 aliphatic heterocycles. The highest BCUT2D eigenvalue weighted by molar-refractivity contribution is 5.86. The molecule has 7 heteroatoms. The highest BCUT2D eigenvalue weighted by atomic mass is 16.6. The number of aromatic nitrogens is 2. The first kappa shape index (κ1) is 13.1. The maximum Gasteiger partial charge on any atom is 0.410 e. The Bertz CT molecular complexity index is 517. The Morgan fingerprint density at radius 3 is 2.84 bits per heavy atom. The third-order valence-electron chi connectivity index (χ3n) is 2.96. The molecule has 0 spiro atoms. The van der Waals surface area contributed by atoms with Crippen LogP contribution in [0.5, 0.6) is 0 Å². The van der Waals surface area contributed by atoms with Gasteiger partial charge in [0.25, 0.3) is 0 Å². The van der Waals surface area contributed by atoms with Crippen LogP contribution >= 0.6 is 0 Å². The second-order valence-electron chi connectivity index (χ2n) is 4.37. The number of carbonyl (C=O) groups excluding carboxylic acids is 1. The van der Waals surface area contributed by atoms with Crippen LogP contribution < -0.4 is 0 Å². The van der Waals surface area contributed by atoms with Crippen LogP contribution in [0.25, 0.3) is 0 Å². The summed E-state index contributed by atoms with van der Waals surface area (Å²) in [6.45, 7) is 6.25. The largest absolute Gasteiger partial charge is 0.476 e. The van der Waals surface area contributed by atoms with Crippen molar-refractivity contribution in [1.82, 2.24) is 14.9 Å². The number of nitrogens with zero attached hydrogens (tertiary/aromatic N) is 2. The van der Waals surface area contributed by atoms with Crippen LogP contribution in [-0.2, 0) is 4.74 Å². The summed E-state index contributed by atoms with van der Waals surface area (Å²) in [6, 6.07) is 0. The fraction of sp³-hybridized carbons (Fsp3) is 0.417. The zero-order chi connectivity index (χ0) is 14.0. The van der Waals surface area contributed by atoms with Crippen molar-refractivity contribution in [3.63, 3.8) is 0 Å². The van der Waals surface area contributed by atoms with Gasteiger partial charge < -0.3 is 19.7 Å². The van der Waals surface area contributed by atoms with E-state index in [-0.39, 0.29) is 18.2 Å². The number of imidazole rings is 1. The molecule has 0 bridgehead atoms. The quantitative estimate of drug-likeness (QED) is 0.796. The molecule has 0 atom stereocenters. The first-order valence-corrected chi connectivity index (χ1v) is 5.85. The average molecular weight is 265 g/mol. The van der Waals surface area contributed by atoms with E-state index in [1.807, 2.05) is 0 Å². The molecule has 0 unspecified atom stereocenters. The maximum atomic E-state index is 11.5. The minimum absolute atomic E-state index is 0.0303. The molecule has 1 aliphatic rings. The molecule has 19 heavy (non-hydrogen) atoms. The monoisotopic (exact) mass is 265 g/mol. The number of carboxylic acids is 1. The Hall–Kier alpha value is -2.31. The number of rotatable bonds is 4. The second kappa shape index (κ2) is 5.13. The van der Waals surface area contributed by atoms with Crippen molar-refractivity contribution in [2.75, 3.05) is 19.7 Å². The smallest absolute Gasteiger partial charge is 0.410 e. The lowest BCUT2D eigenvalue weighted by Crippen LogP contribution is -2.49. The number of hydrogen-bond donors (Lipinski definition) is 2. The summed E-state index contributed by atoms with van der Waals surface area (Å²) in [6.07, 6.45) is 1.11. The summed E-state index contributed by atoms with van der Waals surface area (Å²) in [7, 11) is 0. The molecule has 0 aromatic carbocycles. The van der Waals surface area contributed by atoms with Gasteiger partial charge in [-0.25, -0.2) is 14.6 Å². The summed E-state index contributed by atoms with van der Waals surface area (Å²) in [5.41, 5.74) is 0.554. The lowest BCUT2D eigenvalue weighted by molar-refractivity contribution is 0.0685. The molecule has 1 amide bonds. The van der Waals surface area contributed by atoms with Gasteiger partial charge in [0, 0.05) is 18.8 Å². The van der Waals surface area contributed by atoms with E-state index in [4.69, 9.17) is 9.84 Å². The topological polar surface area (TPSA) is 95.5 Å². The van der Waals surface area contributed by atoms with Gasteiger partial charge in [-0.05, 0) is 6.92 Å². The number of aryl methyl sites for hydroxylation is 1. The van der Waals surface area contributed by atoms with Gasteiger partial charge in [0.2, 0.25) is 0 Å². The molecule has 0 aliphatic carbocycles. The van der Waals surface area contributed by atoms with Crippen molar-refractivity contribution < 1.29 is 19.4 Å². The molecule has 1 fully saturated rings. The Morgan fingerprint density at radius 1 is 1.63 bits per heavy atom. The van der Waals surface area contributed by atoms with Crippen LogP contribution in [0.4, 0.5) is 4.79 Å². The van der Waals surface area contributed by atoms with Gasteiger partial charge in [0.1, 0.15) is 12.4 Å². The normalized spacial score (nSPS) is 14.9. The Balaban J connectivity index is 1.93. The van der Waals surface area contributed by atoms with Crippen molar-refractivity contribution in [3.05, 3.63) is 29.9 Å². The molecule has 102 valence electrons. The third-order valence-corrected chi connectivity index (χ3v) is 2.96. The van der Waals surface area contributed by atoms with Gasteiger partial charge in [-0.2, -0.15) is 0 Å². The number of amides is 1. The van der Waals surface area contributed by atoms with Crippen molar-refractivity contribution >= 4 is 12.1 Å². The number of H-pyrrole nitrogens is 1. The molecule has 2 N–H and O–H groups in total. The van der Waals surface area contributed by atoms with Gasteiger partial charge in [-0.3, -0.25) is 0 Å². The van der Waals surface area contributed by atoms with Crippen LogP contribution in [0.2, 0.25) is 0 Å². The maximum absolute atomic E-state index is 11.5. The van der Waals surface area contributed by atoms with E-state index in [0.717, 1.165) is 0 Å². The zero-order valence-electron chi connectivity index (χ0n) is 10.5. The van der Waals surface area contributed by atoms with E-state index < -0.39 is 12.1 Å². The summed E-state index contributed by atoms with van der Waals surface area (Å²) >= 11 is 0. The predicted molar refractivity (Wildman–Crippen MR) is 66.1 cm³/mol. The van der Waals surface area contributed by atoms with Crippen molar-refractivity contribution in [3.8, 4) is 0 Å². The van der Waals surface area contributed by atoms with Gasteiger partial charge in [0.05, 0.1) is 5.92 Å². The lowest BCUT2D eigenvalue weighted by atomic mass is 10.0. The molecule has 1 aromatic rings. The fourth-order valence-electron chi connectivity index (χ4n) is 1.91. The van der Waals surface area contributed by atoms with Gasteiger partial charge in [-0.1, -0.05) is 12.7 Å². The molecular formula is C12H15N3O4. The lowest BCUT2D eigenvalue weighted by Gasteiger charge is -2.36. The summed E-state index contributed by atoms with van der Waals surface area (Å²) in [5, 5.41) is 8.91. The molecule has 7 nitrogen and oxygen atoms in total. The number of carbonyl (C=O) groups is 2. The average Bonchev–Trinajstić information content (AvgIpc) is 2.66. The highest BCUT2D eigenvalue weighted by Crippen LogP contribution is 2.26. The Kier molecular flexibility index (Phi) is 3.55. The number of nitrogens with one attached hydrogen (secondary N) is 1. The minimum atomic E-state index is -1.05. The van der Waals surface area contributed by atoms with E-state index >= 15 is 0 Å². The SMILES string of the molecule is C=CCOC(=O)N1CC(c2nc(C(=O)O)c(C)[nH]2)C1. The molecule has 1 aromatic heterocycles. The Labute approximate surface area is 109 Å². The highest BCUT2D eigenvalue weighted by Gasteiger charge is 2.35. The molecular weight excluding hydrogens is 250 g/mol. The summed E-state index contributed by atoms with van der Waals surface area (Å²) in [5.74, 6) is -0.424. The molecule has 1 saturated heterocycles. The molecule has 2 heterocycles. The van der Waals surface area contributed by atoms with E-state index in [2.05, 4.69) is 16.5 Å². The predicted octanol–water partition coefficient (Wildman–Crippen LogP) is 1.14. The summed E-state index contributed by atoms with van der Waals surface area (Å²) in [4.78, 5) is 30.9. The van der Waals surface area contributed by atoms with E-state index in [1.54, 1.807) is 6.92 Å². The fourth-order valence-corrected chi connectivity index (χ4v) is 1.91. The van der Waals surface area contributed by atoms with E-state index in [9.17, 15) is 9.59 Å². The number of hydrogen-bond acceptors (Lipinski definition) is 4. The molecule has 0 saturated carbocycles. The van der Waals surface area contributed by atoms with Crippen LogP contribution in [0.1, 0.15) is 27.9 Å². The number of likely N-dealkylation sites (tertiary alicyclic amines) is 1. The van der Waals surface area contributed by atoms with Crippen molar-refractivity contribution in [1.29, 1.82) is 0 Å². The molecule has 0 radical (unpaired) electrons. The van der Waals surface area contributed by atoms with E-state index in [0.29, 0.717) is 24.6 Å². The first-order chi connectivity index (χ1) is 9.02. The zero-order valence-corrected chi connectivity index (χ0v) is 10.5. The van der Waals surface area contributed by atoms with Gasteiger partial charge in [0.15, 0.2) is 5.69 Å². The number of ether oxygens (including phenoxy) is 1. The third kappa shape index (κ3) is 2.59. The first-order valence-electron chi connectivity index (χ1n) is 5.85. The molecule has 2 rings (SSSR count). The second-order valence-corrected chi connectivity index (χ2v) is 4.37. The van der Waals surface area contributed by atoms with Crippen LogP contribution in [0, 0.1) is 6.92 Å². The van der Waals surface area contributed by atoms with Crippen LogP contribution in [-0.4, -0.2) is 51.7 Å². The van der Waals surface area contributed by atoms with Crippen LogP contribution in [0.3, 0.4) is 0 Å². The number of aromatic amines is 1. The van der Waals surface area contributed by atoms with Gasteiger partial charge in [-0.15, -0.1) is 0 Å². The van der Waals surface area contributed by atoms with E-state index in [1.165, 1.54) is 11.0 Å². The van der Waals surface area contributed by atoms with Crippen LogP contribution in [0.15, 0.2) is 12.7 Å². The number of carboxylic acid groups (broad SMARTS) is 1. The minimum Gasteiger partial charge on any atom is -0.476 e.